The molecule has 0 unspecified atom stereocenters. The van der Waals surface area contributed by atoms with Crippen LogP contribution in [0.5, 0.6) is 11.6 Å². The molecule has 0 aliphatic heterocycles. The molecule has 16 heavy (non-hydrogen) atoms. The molecule has 0 amide bonds. The number of halogens is 5. The molecule has 0 radical (unpaired) electrons. The Kier molecular flexibility index (Phi) is 4.65. The molecule has 0 saturated carbocycles. The minimum Gasteiger partial charge on any atom is -0.478 e. The highest BCUT2D eigenvalue weighted by Gasteiger charge is 2.34. The lowest BCUT2D eigenvalue weighted by Gasteiger charge is -2.14. The molecule has 0 fully saturated rings. The first kappa shape index (κ1) is 13.8. The molecule has 90 valence electrons. The molecule has 0 N–H and O–H groups in total. The largest absolute Gasteiger partial charge is 0.573 e. The number of pyridine rings is 1. The maximum absolute atomic E-state index is 12.2. The summed E-state index contributed by atoms with van der Waals surface area (Å²) in [5, 5.41) is 0.216. The highest BCUT2D eigenvalue weighted by molar-refractivity contribution is 14.1. The van der Waals surface area contributed by atoms with Gasteiger partial charge in [0.15, 0.2) is 5.75 Å². The second kappa shape index (κ2) is 5.39. The Hall–Kier alpha value is -0.250. The molecule has 1 rings (SSSR count). The van der Waals surface area contributed by atoms with Crippen LogP contribution >= 0.6 is 38.5 Å². The van der Waals surface area contributed by atoms with Gasteiger partial charge < -0.3 is 9.47 Å². The van der Waals surface area contributed by atoms with Crippen molar-refractivity contribution in [1.82, 2.24) is 4.98 Å². The van der Waals surface area contributed by atoms with Crippen molar-refractivity contribution in [1.29, 1.82) is 0 Å². The van der Waals surface area contributed by atoms with Crippen molar-refractivity contribution in [2.75, 3.05) is 7.11 Å². The monoisotopic (exact) mass is 411 g/mol. The van der Waals surface area contributed by atoms with E-state index >= 15 is 0 Å². The van der Waals surface area contributed by atoms with Gasteiger partial charge in [-0.25, -0.2) is 4.98 Å². The summed E-state index contributed by atoms with van der Waals surface area (Å²) >= 11 is 4.96. The second-order valence-corrected chi connectivity index (χ2v) is 4.29. The van der Waals surface area contributed by atoms with Crippen molar-refractivity contribution >= 4 is 38.5 Å². The Labute approximate surface area is 112 Å². The van der Waals surface area contributed by atoms with Crippen LogP contribution in [0.1, 0.15) is 5.56 Å². The lowest BCUT2D eigenvalue weighted by molar-refractivity contribution is -0.275. The van der Waals surface area contributed by atoms with Crippen LogP contribution in [-0.4, -0.2) is 18.5 Å². The van der Waals surface area contributed by atoms with Crippen molar-refractivity contribution in [3.05, 3.63) is 15.3 Å². The van der Waals surface area contributed by atoms with Crippen LogP contribution in [0, 0.1) is 3.70 Å². The Morgan fingerprint density at radius 3 is 2.56 bits per heavy atom. The number of hydrogen-bond donors (Lipinski definition) is 0. The third-order valence-electron chi connectivity index (χ3n) is 1.54. The van der Waals surface area contributed by atoms with Crippen molar-refractivity contribution in [2.45, 2.75) is 11.7 Å². The molecule has 0 aliphatic rings. The predicted molar refractivity (Wildman–Crippen MR) is 62.8 cm³/mol. The maximum Gasteiger partial charge on any atom is 0.573 e. The molecule has 3 nitrogen and oxygen atoms in total. The lowest BCUT2D eigenvalue weighted by atomic mass is 10.3. The number of ether oxygens (including phenoxy) is 2. The zero-order valence-corrected chi connectivity index (χ0v) is 11.7. The molecule has 1 aromatic rings. The summed E-state index contributed by atoms with van der Waals surface area (Å²) in [5.74, 6) is -0.592. The Morgan fingerprint density at radius 1 is 1.50 bits per heavy atom. The SMILES string of the molecule is COc1nc(I)cc(CBr)c1OC(F)(F)F. The summed E-state index contributed by atoms with van der Waals surface area (Å²) in [6.45, 7) is 0. The van der Waals surface area contributed by atoms with E-state index in [4.69, 9.17) is 4.74 Å². The molecule has 0 saturated heterocycles. The van der Waals surface area contributed by atoms with Gasteiger partial charge in [-0.3, -0.25) is 0 Å². The molecular formula is C8H6BrF3INO2. The number of nitrogens with zero attached hydrogens (tertiary/aromatic N) is 1. The van der Waals surface area contributed by atoms with Crippen LogP contribution in [0.25, 0.3) is 0 Å². The first-order valence-corrected chi connectivity index (χ1v) is 6.12. The summed E-state index contributed by atoms with van der Waals surface area (Å²) in [5.41, 5.74) is 0.327. The van der Waals surface area contributed by atoms with Crippen LogP contribution in [0.3, 0.4) is 0 Å². The first-order chi connectivity index (χ1) is 7.37. The van der Waals surface area contributed by atoms with E-state index in [-0.39, 0.29) is 11.2 Å². The molecular weight excluding hydrogens is 406 g/mol. The molecule has 0 spiro atoms. The fraction of sp³-hybridized carbons (Fsp3) is 0.375. The van der Waals surface area contributed by atoms with Crippen molar-refractivity contribution < 1.29 is 22.6 Å². The smallest absolute Gasteiger partial charge is 0.478 e. The van der Waals surface area contributed by atoms with Gasteiger partial charge in [-0.2, -0.15) is 0 Å². The van der Waals surface area contributed by atoms with Gasteiger partial charge in [-0.1, -0.05) is 15.9 Å². The molecule has 8 heteroatoms. The van der Waals surface area contributed by atoms with Gasteiger partial charge in [0.2, 0.25) is 0 Å². The quantitative estimate of drug-likeness (QED) is 0.433. The number of hydrogen-bond acceptors (Lipinski definition) is 3. The zero-order chi connectivity index (χ0) is 12.3. The summed E-state index contributed by atoms with van der Waals surface area (Å²) in [6.07, 6.45) is -4.77. The van der Waals surface area contributed by atoms with Crippen LogP contribution < -0.4 is 9.47 Å². The minimum atomic E-state index is -4.77. The van der Waals surface area contributed by atoms with Gasteiger partial charge in [-0.05, 0) is 28.7 Å². The van der Waals surface area contributed by atoms with Crippen LogP contribution in [-0.2, 0) is 5.33 Å². The van der Waals surface area contributed by atoms with Gasteiger partial charge in [-0.15, -0.1) is 13.2 Å². The van der Waals surface area contributed by atoms with Crippen LogP contribution in [0.15, 0.2) is 6.07 Å². The van der Waals surface area contributed by atoms with E-state index in [0.29, 0.717) is 9.26 Å². The zero-order valence-electron chi connectivity index (χ0n) is 7.94. The summed E-state index contributed by atoms with van der Waals surface area (Å²) in [4.78, 5) is 3.80. The van der Waals surface area contributed by atoms with Crippen LogP contribution in [0.2, 0.25) is 0 Å². The Morgan fingerprint density at radius 2 is 2.12 bits per heavy atom. The van der Waals surface area contributed by atoms with E-state index in [2.05, 4.69) is 25.7 Å². The molecule has 0 aliphatic carbocycles. The summed E-state index contributed by atoms with van der Waals surface area (Å²) in [6, 6.07) is 1.49. The number of methoxy groups -OCH3 is 1. The average molecular weight is 412 g/mol. The van der Waals surface area contributed by atoms with Crippen molar-refractivity contribution in [3.8, 4) is 11.6 Å². The number of alkyl halides is 4. The molecule has 0 aromatic carbocycles. The fourth-order valence-corrected chi connectivity index (χ4v) is 2.00. The van der Waals surface area contributed by atoms with Gasteiger partial charge >= 0.3 is 6.36 Å². The van der Waals surface area contributed by atoms with Gasteiger partial charge in [0.1, 0.15) is 3.70 Å². The van der Waals surface area contributed by atoms with Gasteiger partial charge in [0.25, 0.3) is 5.88 Å². The maximum atomic E-state index is 12.2. The molecule has 0 bridgehead atoms. The minimum absolute atomic E-state index is 0.182. The molecule has 1 heterocycles. The van der Waals surface area contributed by atoms with Gasteiger partial charge in [0.05, 0.1) is 7.11 Å². The number of rotatable bonds is 3. The van der Waals surface area contributed by atoms with Gasteiger partial charge in [0, 0.05) is 10.9 Å². The van der Waals surface area contributed by atoms with Crippen LogP contribution in [0.4, 0.5) is 13.2 Å². The van der Waals surface area contributed by atoms with Crippen molar-refractivity contribution in [2.24, 2.45) is 0 Å². The van der Waals surface area contributed by atoms with Crippen molar-refractivity contribution in [3.63, 3.8) is 0 Å². The van der Waals surface area contributed by atoms with E-state index in [0.717, 1.165) is 0 Å². The van der Waals surface area contributed by atoms with E-state index in [9.17, 15) is 13.2 Å². The first-order valence-electron chi connectivity index (χ1n) is 3.92. The lowest BCUT2D eigenvalue weighted by Crippen LogP contribution is -2.19. The second-order valence-electron chi connectivity index (χ2n) is 2.62. The third kappa shape index (κ3) is 3.65. The summed E-state index contributed by atoms with van der Waals surface area (Å²) in [7, 11) is 1.24. The van der Waals surface area contributed by atoms with E-state index in [1.807, 2.05) is 22.6 Å². The standard InChI is InChI=1S/C8H6BrF3INO2/c1-15-7-6(16-8(10,11)12)4(3-9)2-5(13)14-7/h2H,3H2,1H3. The molecule has 0 atom stereocenters. The normalized spacial score (nSPS) is 11.4. The fourth-order valence-electron chi connectivity index (χ4n) is 0.989. The van der Waals surface area contributed by atoms with E-state index < -0.39 is 12.1 Å². The highest BCUT2D eigenvalue weighted by Crippen LogP contribution is 2.35. The average Bonchev–Trinajstić information content (AvgIpc) is 2.18. The Balaban J connectivity index is 3.22. The number of aromatic nitrogens is 1. The molecule has 1 aromatic heterocycles. The third-order valence-corrected chi connectivity index (χ3v) is 2.70. The summed E-state index contributed by atoms with van der Waals surface area (Å²) < 4.78 is 45.6. The predicted octanol–water partition coefficient (Wildman–Crippen LogP) is 3.49. The Bertz CT molecular complexity index is 361. The highest BCUT2D eigenvalue weighted by atomic mass is 127. The van der Waals surface area contributed by atoms with E-state index in [1.165, 1.54) is 13.2 Å². The van der Waals surface area contributed by atoms with E-state index in [1.54, 1.807) is 0 Å². The topological polar surface area (TPSA) is 31.4 Å².